The highest BCUT2D eigenvalue weighted by Crippen LogP contribution is 2.29. The number of aryl methyl sites for hydroxylation is 1. The molecule has 0 saturated heterocycles. The Morgan fingerprint density at radius 1 is 1.06 bits per heavy atom. The summed E-state index contributed by atoms with van der Waals surface area (Å²) < 4.78 is 40.2. The molecule has 0 unspecified atom stereocenters. The molecule has 4 aromatic rings. The maximum Gasteiger partial charge on any atom is 0.416 e. The van der Waals surface area contributed by atoms with Gasteiger partial charge in [0.05, 0.1) is 23.7 Å². The first-order valence-electron chi connectivity index (χ1n) is 10.3. The minimum absolute atomic E-state index is 0.0269. The van der Waals surface area contributed by atoms with Crippen LogP contribution < -0.4 is 5.32 Å². The lowest BCUT2D eigenvalue weighted by atomic mass is 10.00. The number of aromatic nitrogens is 5. The molecule has 0 aliphatic rings. The zero-order valence-corrected chi connectivity index (χ0v) is 18.5. The third kappa shape index (κ3) is 5.33. The second kappa shape index (κ2) is 9.34. The number of Topliss-reactive ketones (excluding diaryl/α,β-unsaturated/α-hetero) is 1. The van der Waals surface area contributed by atoms with Gasteiger partial charge in [-0.15, -0.1) is 0 Å². The summed E-state index contributed by atoms with van der Waals surface area (Å²) in [4.78, 5) is 36.1. The summed E-state index contributed by atoms with van der Waals surface area (Å²) >= 11 is 0. The molecule has 0 saturated carbocycles. The molecule has 4 rings (SSSR count). The van der Waals surface area contributed by atoms with Gasteiger partial charge in [-0.2, -0.15) is 22.8 Å². The van der Waals surface area contributed by atoms with E-state index in [9.17, 15) is 22.8 Å². The van der Waals surface area contributed by atoms with E-state index in [2.05, 4.69) is 37.2 Å². The van der Waals surface area contributed by atoms with Crippen molar-refractivity contribution in [3.05, 3.63) is 82.6 Å². The number of benzene rings is 1. The number of amides is 1. The van der Waals surface area contributed by atoms with Crippen LogP contribution >= 0.6 is 0 Å². The molecule has 0 aliphatic carbocycles. The molecule has 0 radical (unpaired) electrons. The van der Waals surface area contributed by atoms with Gasteiger partial charge in [-0.25, -0.2) is 9.97 Å². The van der Waals surface area contributed by atoms with Crippen molar-refractivity contribution >= 4 is 23.3 Å². The van der Waals surface area contributed by atoms with Gasteiger partial charge in [-0.1, -0.05) is 24.0 Å². The van der Waals surface area contributed by atoms with Crippen molar-refractivity contribution in [3.63, 3.8) is 0 Å². The van der Waals surface area contributed by atoms with Gasteiger partial charge < -0.3 is 0 Å². The Labute approximate surface area is 197 Å². The topological polar surface area (TPSA) is 102 Å². The van der Waals surface area contributed by atoms with Crippen molar-refractivity contribution in [2.75, 3.05) is 5.32 Å². The average Bonchev–Trinajstić information content (AvgIpc) is 3.22. The molecule has 1 aromatic carbocycles. The number of carbonyl (C=O) groups excluding carboxylic acids is 2. The van der Waals surface area contributed by atoms with E-state index in [1.54, 1.807) is 18.2 Å². The number of hydrogen-bond acceptors (Lipinski definition) is 6. The fourth-order valence-electron chi connectivity index (χ4n) is 3.23. The second-order valence-corrected chi connectivity index (χ2v) is 7.59. The fraction of sp³-hybridized carbons (Fsp3) is 0.167. The number of halogens is 3. The van der Waals surface area contributed by atoms with Gasteiger partial charge in [-0.05, 0) is 30.7 Å². The van der Waals surface area contributed by atoms with Gasteiger partial charge in [0.15, 0.2) is 11.4 Å². The highest BCUT2D eigenvalue weighted by atomic mass is 19.4. The average molecular weight is 478 g/mol. The molecule has 3 heterocycles. The molecule has 0 bridgehead atoms. The number of nitrogens with zero attached hydrogens (tertiary/aromatic N) is 5. The quantitative estimate of drug-likeness (QED) is 0.355. The van der Waals surface area contributed by atoms with Crippen LogP contribution in [0.5, 0.6) is 0 Å². The predicted octanol–water partition coefficient (Wildman–Crippen LogP) is 3.63. The van der Waals surface area contributed by atoms with Gasteiger partial charge in [0, 0.05) is 29.9 Å². The molecule has 8 nitrogen and oxygen atoms in total. The van der Waals surface area contributed by atoms with Crippen molar-refractivity contribution in [3.8, 4) is 11.8 Å². The van der Waals surface area contributed by atoms with E-state index in [-0.39, 0.29) is 29.8 Å². The number of anilines is 1. The lowest BCUT2D eigenvalue weighted by Crippen LogP contribution is -2.12. The Kier molecular flexibility index (Phi) is 6.29. The van der Waals surface area contributed by atoms with Gasteiger partial charge in [-0.3, -0.25) is 19.9 Å². The van der Waals surface area contributed by atoms with Gasteiger partial charge in [0.2, 0.25) is 11.9 Å². The highest BCUT2D eigenvalue weighted by Gasteiger charge is 2.30. The Balaban J connectivity index is 1.60. The van der Waals surface area contributed by atoms with Gasteiger partial charge >= 0.3 is 6.18 Å². The predicted molar refractivity (Wildman–Crippen MR) is 120 cm³/mol. The molecule has 11 heteroatoms. The third-order valence-electron chi connectivity index (χ3n) is 4.97. The molecule has 0 atom stereocenters. The number of rotatable bonds is 4. The number of alkyl halides is 3. The monoisotopic (exact) mass is 478 g/mol. The maximum absolute atomic E-state index is 12.9. The molecule has 0 fully saturated rings. The third-order valence-corrected chi connectivity index (χ3v) is 4.97. The van der Waals surface area contributed by atoms with Gasteiger partial charge in [0.25, 0.3) is 0 Å². The smallest absolute Gasteiger partial charge is 0.295 e. The largest absolute Gasteiger partial charge is 0.416 e. The normalized spacial score (nSPS) is 11.1. The van der Waals surface area contributed by atoms with Crippen molar-refractivity contribution in [1.29, 1.82) is 0 Å². The van der Waals surface area contributed by atoms with Gasteiger partial charge in [0.1, 0.15) is 6.33 Å². The standard InChI is InChI=1S/C24H17F3N6O2/c1-14-3-4-17(21(35)11-20-10-19(7-8-28-20)24(25,26)27)9-16(14)5-6-18-12-31-33-22(18)29-13-30-23(33)32-15(2)34/h3-4,7-10,12-13H,11H2,1-2H3,(H,29,30,32,34). The number of nitrogens with one attached hydrogen (secondary N) is 1. The number of hydrogen-bond donors (Lipinski definition) is 1. The molecule has 1 N–H and O–H groups in total. The van der Waals surface area contributed by atoms with Crippen LogP contribution in [0.2, 0.25) is 0 Å². The van der Waals surface area contributed by atoms with Crippen LogP contribution in [0.3, 0.4) is 0 Å². The SMILES string of the molecule is CC(=O)Nc1ncnc2c(C#Cc3cc(C(=O)Cc4cc(C(F)(F)F)ccn4)ccc3C)cnn12. The van der Waals surface area contributed by atoms with Crippen LogP contribution in [0.1, 0.15) is 45.2 Å². The Morgan fingerprint density at radius 3 is 2.57 bits per heavy atom. The summed E-state index contributed by atoms with van der Waals surface area (Å²) in [5.41, 5.74) is 1.69. The molecule has 35 heavy (non-hydrogen) atoms. The van der Waals surface area contributed by atoms with E-state index in [0.717, 1.165) is 23.9 Å². The number of ketones is 1. The summed E-state index contributed by atoms with van der Waals surface area (Å²) in [5.74, 6) is 5.45. The van der Waals surface area contributed by atoms with Crippen LogP contribution in [-0.4, -0.2) is 36.3 Å². The zero-order valence-electron chi connectivity index (χ0n) is 18.5. The van der Waals surface area contributed by atoms with Crippen LogP contribution in [0, 0.1) is 18.8 Å². The summed E-state index contributed by atoms with van der Waals surface area (Å²) in [6.45, 7) is 3.16. The molecular weight excluding hydrogens is 461 g/mol. The van der Waals surface area contributed by atoms with Crippen molar-refractivity contribution in [2.45, 2.75) is 26.4 Å². The Bertz CT molecular complexity index is 1520. The van der Waals surface area contributed by atoms with Crippen molar-refractivity contribution < 1.29 is 22.8 Å². The van der Waals surface area contributed by atoms with E-state index in [1.165, 1.54) is 24.0 Å². The van der Waals surface area contributed by atoms with E-state index in [0.29, 0.717) is 22.3 Å². The fourth-order valence-corrected chi connectivity index (χ4v) is 3.23. The number of pyridine rings is 1. The zero-order chi connectivity index (χ0) is 25.2. The summed E-state index contributed by atoms with van der Waals surface area (Å²) in [6, 6.07) is 6.62. The summed E-state index contributed by atoms with van der Waals surface area (Å²) in [7, 11) is 0. The minimum Gasteiger partial charge on any atom is -0.295 e. The van der Waals surface area contributed by atoms with Crippen molar-refractivity contribution in [1.82, 2.24) is 24.6 Å². The Hall–Kier alpha value is -4.59. The first kappa shape index (κ1) is 23.6. The molecule has 1 amide bonds. The molecular formula is C24H17F3N6O2. The molecule has 0 spiro atoms. The Morgan fingerprint density at radius 2 is 1.83 bits per heavy atom. The lowest BCUT2D eigenvalue weighted by molar-refractivity contribution is -0.137. The maximum atomic E-state index is 12.9. The van der Waals surface area contributed by atoms with Crippen molar-refractivity contribution in [2.24, 2.45) is 0 Å². The molecule has 176 valence electrons. The van der Waals surface area contributed by atoms with Crippen LogP contribution in [0.4, 0.5) is 19.1 Å². The van der Waals surface area contributed by atoms with E-state index in [4.69, 9.17) is 0 Å². The molecule has 3 aromatic heterocycles. The van der Waals surface area contributed by atoms with E-state index < -0.39 is 11.7 Å². The summed E-state index contributed by atoms with van der Waals surface area (Å²) in [5, 5.41) is 6.71. The lowest BCUT2D eigenvalue weighted by Gasteiger charge is -2.08. The number of fused-ring (bicyclic) bond motifs is 1. The second-order valence-electron chi connectivity index (χ2n) is 7.59. The molecule has 0 aliphatic heterocycles. The number of carbonyl (C=O) groups is 2. The van der Waals surface area contributed by atoms with Crippen LogP contribution in [-0.2, 0) is 17.4 Å². The van der Waals surface area contributed by atoms with Crippen LogP contribution in [0.15, 0.2) is 49.1 Å². The first-order valence-corrected chi connectivity index (χ1v) is 10.3. The highest BCUT2D eigenvalue weighted by molar-refractivity contribution is 5.97. The first-order chi connectivity index (χ1) is 16.6. The minimum atomic E-state index is -4.51. The van der Waals surface area contributed by atoms with E-state index in [1.807, 2.05) is 6.92 Å². The van der Waals surface area contributed by atoms with Crippen LogP contribution in [0.25, 0.3) is 5.65 Å². The van der Waals surface area contributed by atoms with E-state index >= 15 is 0 Å². The summed E-state index contributed by atoms with van der Waals surface area (Å²) in [6.07, 6.45) is -1.00.